The van der Waals surface area contributed by atoms with Gasteiger partial charge >= 0.3 is 0 Å². The molecule has 0 aromatic heterocycles. The molecular formula is C17H26N4. The Morgan fingerprint density at radius 2 is 2.29 bits per heavy atom. The number of fused-ring (bicyclic) bond motifs is 1. The summed E-state index contributed by atoms with van der Waals surface area (Å²) in [5, 5.41) is 10.5. The third-order valence-electron chi connectivity index (χ3n) is 4.50. The Balaban J connectivity index is 1.88. The zero-order valence-corrected chi connectivity index (χ0v) is 13.1. The number of hydrogen-bond donors (Lipinski definition) is 3. The van der Waals surface area contributed by atoms with Gasteiger partial charge in [-0.3, -0.25) is 4.90 Å². The van der Waals surface area contributed by atoms with Crippen molar-refractivity contribution in [3.8, 4) is 0 Å². The van der Waals surface area contributed by atoms with E-state index in [9.17, 15) is 0 Å². The summed E-state index contributed by atoms with van der Waals surface area (Å²) in [5.41, 5.74) is 5.53. The fourth-order valence-corrected chi connectivity index (χ4v) is 3.57. The summed E-state index contributed by atoms with van der Waals surface area (Å²) in [6, 6.07) is 7.61. The largest absolute Gasteiger partial charge is 0.380 e. The lowest BCUT2D eigenvalue weighted by Gasteiger charge is -2.36. The van der Waals surface area contributed by atoms with Crippen LogP contribution in [0.3, 0.4) is 0 Å². The van der Waals surface area contributed by atoms with Crippen LogP contribution < -0.4 is 16.0 Å². The Bertz CT molecular complexity index is 526. The fraction of sp³-hybridized carbons (Fsp3) is 0.529. The van der Waals surface area contributed by atoms with Crippen molar-refractivity contribution in [3.63, 3.8) is 0 Å². The summed E-state index contributed by atoms with van der Waals surface area (Å²) < 4.78 is 0. The maximum Gasteiger partial charge on any atom is 0.0641 e. The molecule has 114 valence electrons. The van der Waals surface area contributed by atoms with Crippen molar-refractivity contribution in [2.24, 2.45) is 0 Å². The first-order chi connectivity index (χ1) is 10.2. The van der Waals surface area contributed by atoms with Gasteiger partial charge in [0.1, 0.15) is 0 Å². The molecule has 0 saturated carbocycles. The predicted octanol–water partition coefficient (Wildman–Crippen LogP) is 1.01. The highest BCUT2D eigenvalue weighted by Gasteiger charge is 2.26. The van der Waals surface area contributed by atoms with Crippen LogP contribution >= 0.6 is 0 Å². The molecule has 1 fully saturated rings. The molecule has 0 spiro atoms. The van der Waals surface area contributed by atoms with Crippen LogP contribution in [-0.4, -0.2) is 44.7 Å². The lowest BCUT2D eigenvalue weighted by Crippen LogP contribution is -2.45. The highest BCUT2D eigenvalue weighted by Crippen LogP contribution is 2.28. The van der Waals surface area contributed by atoms with Gasteiger partial charge in [-0.05, 0) is 37.2 Å². The summed E-state index contributed by atoms with van der Waals surface area (Å²) in [6.45, 7) is 8.09. The first-order valence-electron chi connectivity index (χ1n) is 7.79. The van der Waals surface area contributed by atoms with E-state index in [-0.39, 0.29) is 0 Å². The molecule has 0 bridgehead atoms. The Morgan fingerprint density at radius 3 is 3.05 bits per heavy atom. The second-order valence-electron chi connectivity index (χ2n) is 6.32. The monoisotopic (exact) mass is 286 g/mol. The van der Waals surface area contributed by atoms with Gasteiger partial charge in [0.05, 0.1) is 6.04 Å². The molecule has 2 unspecified atom stereocenters. The van der Waals surface area contributed by atoms with E-state index in [1.807, 2.05) is 7.05 Å². The Hall–Kier alpha value is -1.36. The maximum atomic E-state index is 4.12. The highest BCUT2D eigenvalue weighted by molar-refractivity contribution is 5.40. The SMILES string of the molecule is C=C1CN(C)CC(c2cccc3c2CC(CNC)NC3)N1. The molecule has 3 rings (SSSR count). The normalized spacial score (nSPS) is 26.3. The van der Waals surface area contributed by atoms with Crippen molar-refractivity contribution in [1.29, 1.82) is 0 Å². The maximum absolute atomic E-state index is 4.12. The van der Waals surface area contributed by atoms with E-state index in [2.05, 4.69) is 52.7 Å². The average molecular weight is 286 g/mol. The van der Waals surface area contributed by atoms with E-state index in [0.717, 1.165) is 38.3 Å². The Morgan fingerprint density at radius 1 is 1.43 bits per heavy atom. The third kappa shape index (κ3) is 3.12. The van der Waals surface area contributed by atoms with Gasteiger partial charge in [-0.25, -0.2) is 0 Å². The minimum absolute atomic E-state index is 0.361. The van der Waals surface area contributed by atoms with Gasteiger partial charge in [-0.2, -0.15) is 0 Å². The van der Waals surface area contributed by atoms with Gasteiger partial charge < -0.3 is 16.0 Å². The predicted molar refractivity (Wildman–Crippen MR) is 87.2 cm³/mol. The number of piperazine rings is 1. The summed E-state index contributed by atoms with van der Waals surface area (Å²) in [4.78, 5) is 2.34. The van der Waals surface area contributed by atoms with Gasteiger partial charge in [0, 0.05) is 37.9 Å². The average Bonchev–Trinajstić information content (AvgIpc) is 2.46. The van der Waals surface area contributed by atoms with Crippen LogP contribution in [0.15, 0.2) is 30.5 Å². The second-order valence-corrected chi connectivity index (χ2v) is 6.32. The van der Waals surface area contributed by atoms with E-state index in [0.29, 0.717) is 12.1 Å². The molecule has 21 heavy (non-hydrogen) atoms. The molecular weight excluding hydrogens is 260 g/mol. The molecule has 0 aliphatic carbocycles. The van der Waals surface area contributed by atoms with Crippen LogP contribution in [0.25, 0.3) is 0 Å². The number of rotatable bonds is 3. The summed E-state index contributed by atoms with van der Waals surface area (Å²) in [6.07, 6.45) is 1.10. The van der Waals surface area contributed by atoms with Gasteiger partial charge in [0.25, 0.3) is 0 Å². The smallest absolute Gasteiger partial charge is 0.0641 e. The number of nitrogens with one attached hydrogen (secondary N) is 3. The number of likely N-dealkylation sites (N-methyl/N-ethyl adjacent to an activating group) is 2. The molecule has 0 radical (unpaired) electrons. The van der Waals surface area contributed by atoms with Crippen molar-refractivity contribution in [2.45, 2.75) is 25.0 Å². The quantitative estimate of drug-likeness (QED) is 0.775. The van der Waals surface area contributed by atoms with Gasteiger partial charge in [0.2, 0.25) is 0 Å². The van der Waals surface area contributed by atoms with Crippen molar-refractivity contribution >= 4 is 0 Å². The number of hydrogen-bond acceptors (Lipinski definition) is 4. The molecule has 1 aromatic rings. The second kappa shape index (κ2) is 6.18. The molecule has 2 heterocycles. The van der Waals surface area contributed by atoms with E-state index in [4.69, 9.17) is 0 Å². The van der Waals surface area contributed by atoms with Gasteiger partial charge in [-0.1, -0.05) is 24.8 Å². The molecule has 3 N–H and O–H groups in total. The van der Waals surface area contributed by atoms with Crippen LogP contribution in [-0.2, 0) is 13.0 Å². The van der Waals surface area contributed by atoms with Gasteiger partial charge in [-0.15, -0.1) is 0 Å². The minimum Gasteiger partial charge on any atom is -0.380 e. The number of nitrogens with zero attached hydrogens (tertiary/aromatic N) is 1. The molecule has 2 aliphatic heterocycles. The lowest BCUT2D eigenvalue weighted by molar-refractivity contribution is 0.272. The summed E-state index contributed by atoms with van der Waals surface area (Å²) >= 11 is 0. The zero-order valence-electron chi connectivity index (χ0n) is 13.1. The molecule has 0 amide bonds. The molecule has 4 nitrogen and oxygen atoms in total. The highest BCUT2D eigenvalue weighted by atomic mass is 15.2. The van der Waals surface area contributed by atoms with E-state index in [1.54, 1.807) is 0 Å². The summed E-state index contributed by atoms with van der Waals surface area (Å²) in [7, 11) is 4.19. The number of benzene rings is 1. The zero-order chi connectivity index (χ0) is 14.8. The lowest BCUT2D eigenvalue weighted by atomic mass is 9.87. The first-order valence-corrected chi connectivity index (χ1v) is 7.79. The van der Waals surface area contributed by atoms with Crippen LogP contribution in [0.1, 0.15) is 22.7 Å². The topological polar surface area (TPSA) is 39.3 Å². The Kier molecular flexibility index (Phi) is 4.29. The van der Waals surface area contributed by atoms with Crippen LogP contribution in [0, 0.1) is 0 Å². The fourth-order valence-electron chi connectivity index (χ4n) is 3.57. The van der Waals surface area contributed by atoms with Crippen LogP contribution in [0.2, 0.25) is 0 Å². The van der Waals surface area contributed by atoms with E-state index in [1.165, 1.54) is 16.7 Å². The molecule has 4 heteroatoms. The van der Waals surface area contributed by atoms with E-state index < -0.39 is 0 Å². The van der Waals surface area contributed by atoms with Crippen molar-refractivity contribution in [2.75, 3.05) is 33.7 Å². The molecule has 2 atom stereocenters. The first kappa shape index (κ1) is 14.6. The van der Waals surface area contributed by atoms with E-state index >= 15 is 0 Å². The van der Waals surface area contributed by atoms with Crippen LogP contribution in [0.5, 0.6) is 0 Å². The molecule has 1 aromatic carbocycles. The van der Waals surface area contributed by atoms with Gasteiger partial charge in [0.15, 0.2) is 0 Å². The third-order valence-corrected chi connectivity index (χ3v) is 4.50. The summed E-state index contributed by atoms with van der Waals surface area (Å²) in [5.74, 6) is 0. The van der Waals surface area contributed by atoms with Crippen molar-refractivity contribution < 1.29 is 0 Å². The van der Waals surface area contributed by atoms with Crippen molar-refractivity contribution in [3.05, 3.63) is 47.2 Å². The van der Waals surface area contributed by atoms with Crippen LogP contribution in [0.4, 0.5) is 0 Å². The standard InChI is InChI=1S/C17H26N4/c1-12-10-21(3)11-17(20-12)15-6-4-5-13-8-19-14(9-18-2)7-16(13)15/h4-6,14,17-20H,1,7-11H2,2-3H3. The molecule has 1 saturated heterocycles. The van der Waals surface area contributed by atoms with Crippen molar-refractivity contribution in [1.82, 2.24) is 20.9 Å². The Labute approximate surface area is 127 Å². The molecule has 2 aliphatic rings. The minimum atomic E-state index is 0.361.